The topological polar surface area (TPSA) is 58.6 Å². The molecule has 30 heavy (non-hydrogen) atoms. The highest BCUT2D eigenvalue weighted by atomic mass is 16.5. The number of rotatable bonds is 5. The van der Waals surface area contributed by atoms with Crippen LogP contribution in [0.3, 0.4) is 0 Å². The van der Waals surface area contributed by atoms with Gasteiger partial charge in [-0.15, -0.1) is 0 Å². The molecule has 5 heteroatoms. The van der Waals surface area contributed by atoms with Crippen molar-refractivity contribution in [1.82, 2.24) is 4.90 Å². The van der Waals surface area contributed by atoms with Crippen molar-refractivity contribution in [2.45, 2.75) is 19.8 Å². The molecule has 3 aromatic rings. The monoisotopic (exact) mass is 402 g/mol. The first-order chi connectivity index (χ1) is 14.6. The van der Waals surface area contributed by atoms with Gasteiger partial charge in [-0.2, -0.15) is 0 Å². The van der Waals surface area contributed by atoms with E-state index in [1.165, 1.54) is 0 Å². The number of carbonyl (C=O) groups is 2. The molecule has 0 atom stereocenters. The van der Waals surface area contributed by atoms with Crippen LogP contribution < -0.4 is 10.1 Å². The van der Waals surface area contributed by atoms with Crippen molar-refractivity contribution in [2.75, 3.05) is 25.0 Å². The van der Waals surface area contributed by atoms with Gasteiger partial charge in [-0.25, -0.2) is 0 Å². The Balaban J connectivity index is 1.35. The van der Waals surface area contributed by atoms with Crippen LogP contribution in [-0.4, -0.2) is 36.4 Å². The fraction of sp³-hybridized carbons (Fsp3) is 0.280. The summed E-state index contributed by atoms with van der Waals surface area (Å²) < 4.78 is 5.64. The standard InChI is InChI=1S/C25H26N2O3/c1-18-11-13-27(14-12-18)25(29)21-7-4-8-22(15-21)26-24(28)17-30-23-10-9-19-5-2-3-6-20(19)16-23/h2-10,15-16,18H,11-14,17H2,1H3,(H,26,28). The molecule has 154 valence electrons. The van der Waals surface area contributed by atoms with Crippen LogP contribution in [-0.2, 0) is 4.79 Å². The first kappa shape index (κ1) is 20.0. The number of piperidine rings is 1. The third-order valence-electron chi connectivity index (χ3n) is 5.55. The van der Waals surface area contributed by atoms with Crippen molar-refractivity contribution in [3.05, 3.63) is 72.3 Å². The molecule has 0 aromatic heterocycles. The fourth-order valence-electron chi connectivity index (χ4n) is 3.73. The average molecular weight is 402 g/mol. The molecule has 0 radical (unpaired) electrons. The van der Waals surface area contributed by atoms with Gasteiger partial charge in [-0.05, 0) is 59.9 Å². The van der Waals surface area contributed by atoms with E-state index in [9.17, 15) is 9.59 Å². The van der Waals surface area contributed by atoms with E-state index in [0.717, 1.165) is 36.7 Å². The zero-order chi connectivity index (χ0) is 20.9. The summed E-state index contributed by atoms with van der Waals surface area (Å²) in [6, 6.07) is 20.8. The molecule has 5 nitrogen and oxygen atoms in total. The quantitative estimate of drug-likeness (QED) is 0.671. The molecular formula is C25H26N2O3. The molecule has 0 aliphatic carbocycles. The Morgan fingerprint density at radius 2 is 1.73 bits per heavy atom. The van der Waals surface area contributed by atoms with E-state index in [0.29, 0.717) is 22.9 Å². The highest BCUT2D eigenvalue weighted by Crippen LogP contribution is 2.21. The van der Waals surface area contributed by atoms with Crippen LogP contribution in [0.15, 0.2) is 66.7 Å². The van der Waals surface area contributed by atoms with Gasteiger partial charge in [0.1, 0.15) is 5.75 Å². The zero-order valence-corrected chi connectivity index (χ0v) is 17.1. The van der Waals surface area contributed by atoms with Gasteiger partial charge in [-0.3, -0.25) is 9.59 Å². The Hall–Kier alpha value is -3.34. The van der Waals surface area contributed by atoms with E-state index in [1.54, 1.807) is 24.3 Å². The molecule has 3 aromatic carbocycles. The van der Waals surface area contributed by atoms with E-state index >= 15 is 0 Å². The second-order valence-electron chi connectivity index (χ2n) is 7.90. The zero-order valence-electron chi connectivity index (χ0n) is 17.1. The first-order valence-corrected chi connectivity index (χ1v) is 10.4. The van der Waals surface area contributed by atoms with Crippen LogP contribution >= 0.6 is 0 Å². The van der Waals surface area contributed by atoms with Gasteiger partial charge in [0, 0.05) is 24.3 Å². The molecule has 2 amide bonds. The molecule has 1 heterocycles. The lowest BCUT2D eigenvalue weighted by molar-refractivity contribution is -0.118. The minimum atomic E-state index is -0.264. The number of nitrogens with one attached hydrogen (secondary N) is 1. The highest BCUT2D eigenvalue weighted by molar-refractivity contribution is 5.97. The Bertz CT molecular complexity index is 1050. The van der Waals surface area contributed by atoms with Crippen molar-refractivity contribution < 1.29 is 14.3 Å². The SMILES string of the molecule is CC1CCN(C(=O)c2cccc(NC(=O)COc3ccc4ccccc4c3)c2)CC1. The lowest BCUT2D eigenvalue weighted by atomic mass is 9.98. The number of hydrogen-bond donors (Lipinski definition) is 1. The summed E-state index contributed by atoms with van der Waals surface area (Å²) in [6.45, 7) is 3.70. The third kappa shape index (κ3) is 4.79. The largest absolute Gasteiger partial charge is 0.484 e. The predicted molar refractivity (Wildman–Crippen MR) is 119 cm³/mol. The lowest BCUT2D eigenvalue weighted by Gasteiger charge is -2.30. The molecule has 0 saturated carbocycles. The van der Waals surface area contributed by atoms with E-state index in [1.807, 2.05) is 47.4 Å². The van der Waals surface area contributed by atoms with E-state index in [2.05, 4.69) is 12.2 Å². The molecule has 1 saturated heterocycles. The molecule has 4 rings (SSSR count). The summed E-state index contributed by atoms with van der Waals surface area (Å²) in [5.41, 5.74) is 1.19. The van der Waals surface area contributed by atoms with Crippen molar-refractivity contribution in [3.63, 3.8) is 0 Å². The number of carbonyl (C=O) groups excluding carboxylic acids is 2. The van der Waals surface area contributed by atoms with Crippen LogP contribution in [0.1, 0.15) is 30.1 Å². The van der Waals surface area contributed by atoms with Gasteiger partial charge in [0.15, 0.2) is 6.61 Å². The smallest absolute Gasteiger partial charge is 0.262 e. The number of fused-ring (bicyclic) bond motifs is 1. The molecule has 0 bridgehead atoms. The van der Waals surface area contributed by atoms with Crippen molar-refractivity contribution in [1.29, 1.82) is 0 Å². The molecule has 1 aliphatic heterocycles. The van der Waals surface area contributed by atoms with Crippen LogP contribution in [0.25, 0.3) is 10.8 Å². The maximum atomic E-state index is 12.8. The van der Waals surface area contributed by atoms with Gasteiger partial charge in [0.25, 0.3) is 11.8 Å². The lowest BCUT2D eigenvalue weighted by Crippen LogP contribution is -2.37. The van der Waals surface area contributed by atoms with Crippen molar-refractivity contribution in [3.8, 4) is 5.75 Å². The summed E-state index contributed by atoms with van der Waals surface area (Å²) in [5.74, 6) is 1.07. The summed E-state index contributed by atoms with van der Waals surface area (Å²) in [7, 11) is 0. The highest BCUT2D eigenvalue weighted by Gasteiger charge is 2.21. The summed E-state index contributed by atoms with van der Waals surface area (Å²) >= 11 is 0. The van der Waals surface area contributed by atoms with Gasteiger partial charge >= 0.3 is 0 Å². The van der Waals surface area contributed by atoms with E-state index < -0.39 is 0 Å². The Morgan fingerprint density at radius 1 is 0.967 bits per heavy atom. The predicted octanol–water partition coefficient (Wildman–Crippen LogP) is 4.73. The minimum absolute atomic E-state index is 0.0189. The Morgan fingerprint density at radius 3 is 2.53 bits per heavy atom. The van der Waals surface area contributed by atoms with E-state index in [-0.39, 0.29) is 18.4 Å². The number of benzene rings is 3. The van der Waals surface area contributed by atoms with Gasteiger partial charge in [-0.1, -0.05) is 43.3 Å². The molecule has 0 spiro atoms. The van der Waals surface area contributed by atoms with Crippen molar-refractivity contribution in [2.24, 2.45) is 5.92 Å². The third-order valence-corrected chi connectivity index (χ3v) is 5.55. The minimum Gasteiger partial charge on any atom is -0.484 e. The number of likely N-dealkylation sites (tertiary alicyclic amines) is 1. The Kier molecular flexibility index (Phi) is 5.98. The number of nitrogens with zero attached hydrogens (tertiary/aromatic N) is 1. The summed E-state index contributed by atoms with van der Waals surface area (Å²) in [5, 5.41) is 5.01. The summed E-state index contributed by atoms with van der Waals surface area (Å²) in [4.78, 5) is 27.0. The second-order valence-corrected chi connectivity index (χ2v) is 7.90. The molecule has 1 fully saturated rings. The maximum absolute atomic E-state index is 12.8. The van der Waals surface area contributed by atoms with Crippen LogP contribution in [0.2, 0.25) is 0 Å². The van der Waals surface area contributed by atoms with Crippen LogP contribution in [0.4, 0.5) is 5.69 Å². The van der Waals surface area contributed by atoms with Crippen LogP contribution in [0.5, 0.6) is 5.75 Å². The number of anilines is 1. The average Bonchev–Trinajstić information content (AvgIpc) is 2.78. The molecule has 1 N–H and O–H groups in total. The Labute approximate surface area is 176 Å². The molecular weight excluding hydrogens is 376 g/mol. The van der Waals surface area contributed by atoms with Gasteiger partial charge in [0.05, 0.1) is 0 Å². The van der Waals surface area contributed by atoms with Gasteiger partial charge in [0.2, 0.25) is 0 Å². The molecule has 0 unspecified atom stereocenters. The summed E-state index contributed by atoms with van der Waals surface area (Å²) in [6.07, 6.45) is 2.07. The van der Waals surface area contributed by atoms with E-state index in [4.69, 9.17) is 4.74 Å². The molecule has 1 aliphatic rings. The number of ether oxygens (including phenoxy) is 1. The van der Waals surface area contributed by atoms with Crippen molar-refractivity contribution >= 4 is 28.3 Å². The normalized spacial score (nSPS) is 14.5. The van der Waals surface area contributed by atoms with Crippen LogP contribution in [0, 0.1) is 5.92 Å². The number of amides is 2. The second kappa shape index (κ2) is 8.99. The first-order valence-electron chi connectivity index (χ1n) is 10.4. The maximum Gasteiger partial charge on any atom is 0.262 e. The fourth-order valence-corrected chi connectivity index (χ4v) is 3.73. The number of hydrogen-bond acceptors (Lipinski definition) is 3. The van der Waals surface area contributed by atoms with Gasteiger partial charge < -0.3 is 15.0 Å².